The van der Waals surface area contributed by atoms with E-state index in [0.717, 1.165) is 89.5 Å². The highest BCUT2D eigenvalue weighted by molar-refractivity contribution is 9.09. The Labute approximate surface area is 292 Å². The van der Waals surface area contributed by atoms with Gasteiger partial charge in [0.25, 0.3) is 0 Å². The maximum Gasteiger partial charge on any atom is 0.157 e. The lowest BCUT2D eigenvalue weighted by Crippen LogP contribution is -2.22. The third kappa shape index (κ3) is 35.1. The molecule has 4 nitrogen and oxygen atoms in total. The molecule has 2 heterocycles. The van der Waals surface area contributed by atoms with Crippen molar-refractivity contribution in [3.05, 3.63) is 0 Å². The van der Waals surface area contributed by atoms with Crippen molar-refractivity contribution >= 4 is 47.8 Å². The number of terminal acetylenes is 1. The third-order valence-corrected chi connectivity index (χ3v) is 8.80. The van der Waals surface area contributed by atoms with Crippen LogP contribution in [0.4, 0.5) is 0 Å². The zero-order valence-corrected chi connectivity index (χ0v) is 32.0. The van der Waals surface area contributed by atoms with Crippen molar-refractivity contribution in [2.75, 3.05) is 42.4 Å². The largest absolute Gasteiger partial charge is 0.353 e. The molecule has 2 saturated heterocycles. The zero-order valence-electron chi connectivity index (χ0n) is 27.2. The van der Waals surface area contributed by atoms with E-state index in [9.17, 15) is 0 Å². The Morgan fingerprint density at radius 2 is 0.907 bits per heavy atom. The Morgan fingerprint density at radius 1 is 0.512 bits per heavy atom. The van der Waals surface area contributed by atoms with E-state index in [1.165, 1.54) is 101 Å². The van der Waals surface area contributed by atoms with Gasteiger partial charge in [-0.25, -0.2) is 0 Å². The standard InChI is InChI=1S/C18H31BrO2.C11H18O2.C7H14Br2/c19-15-11-8-6-4-2-1-3-5-7-9-12-16-20-18-14-10-13-17-21-18;1-2-3-4-6-9-12-11-8-5-7-10-13-11;8-6-4-2-1-3-5-7-9/h18H,1-2,4,6-17H2;1,11H,3-10H2;1-7H2. The number of hydrogen-bond donors (Lipinski definition) is 0. The molecule has 2 fully saturated rings. The molecule has 0 aromatic carbocycles. The molecule has 0 amide bonds. The molecule has 0 aliphatic carbocycles. The van der Waals surface area contributed by atoms with Crippen molar-refractivity contribution in [2.45, 2.75) is 160 Å². The maximum atomic E-state index is 5.70. The average Bonchev–Trinajstić information content (AvgIpc) is 3.05. The van der Waals surface area contributed by atoms with Crippen LogP contribution in [-0.2, 0) is 18.9 Å². The van der Waals surface area contributed by atoms with Gasteiger partial charge in [-0.05, 0) is 89.9 Å². The molecule has 7 heteroatoms. The van der Waals surface area contributed by atoms with E-state index in [4.69, 9.17) is 25.4 Å². The van der Waals surface area contributed by atoms with Crippen molar-refractivity contribution in [3.8, 4) is 24.2 Å². The minimum absolute atomic E-state index is 0.0552. The van der Waals surface area contributed by atoms with Crippen molar-refractivity contribution in [1.82, 2.24) is 0 Å². The van der Waals surface area contributed by atoms with E-state index < -0.39 is 0 Å². The van der Waals surface area contributed by atoms with Gasteiger partial charge in [0.2, 0.25) is 0 Å². The number of ether oxygens (including phenoxy) is 4. The van der Waals surface area contributed by atoms with Crippen molar-refractivity contribution in [2.24, 2.45) is 0 Å². The molecular weight excluding hydrogens is 736 g/mol. The number of rotatable bonds is 22. The SMILES string of the molecule is BrCCCCCCCBr.BrCCCCCCCC#CCCCCOC1CCCCO1.C#CCCCCOC1CCCCO1. The minimum Gasteiger partial charge on any atom is -0.353 e. The molecule has 2 aliphatic heterocycles. The second-order valence-electron chi connectivity index (χ2n) is 11.2. The Kier molecular flexibility index (Phi) is 38.9. The smallest absolute Gasteiger partial charge is 0.157 e. The molecule has 0 aromatic heterocycles. The van der Waals surface area contributed by atoms with Gasteiger partial charge in [0.15, 0.2) is 12.6 Å². The highest BCUT2D eigenvalue weighted by atomic mass is 79.9. The molecule has 252 valence electrons. The van der Waals surface area contributed by atoms with Crippen molar-refractivity contribution in [3.63, 3.8) is 0 Å². The summed E-state index contributed by atoms with van der Waals surface area (Å²) in [4.78, 5) is 0. The first-order valence-electron chi connectivity index (χ1n) is 17.3. The Hall–Kier alpha value is 0.400. The van der Waals surface area contributed by atoms with E-state index in [2.05, 4.69) is 65.6 Å². The lowest BCUT2D eigenvalue weighted by Gasteiger charge is -2.22. The normalized spacial score (nSPS) is 17.8. The molecular formula is C36H63Br3O4. The summed E-state index contributed by atoms with van der Waals surface area (Å²) in [7, 11) is 0. The first kappa shape index (κ1) is 43.4. The quantitative estimate of drug-likeness (QED) is 0.0621. The van der Waals surface area contributed by atoms with Gasteiger partial charge in [-0.3, -0.25) is 0 Å². The summed E-state index contributed by atoms with van der Waals surface area (Å²) in [6.45, 7) is 3.33. The fourth-order valence-corrected chi connectivity index (χ4v) is 5.68. The predicted molar refractivity (Wildman–Crippen MR) is 196 cm³/mol. The van der Waals surface area contributed by atoms with Crippen LogP contribution in [0.3, 0.4) is 0 Å². The maximum absolute atomic E-state index is 5.70. The molecule has 2 atom stereocenters. The highest BCUT2D eigenvalue weighted by Crippen LogP contribution is 2.15. The lowest BCUT2D eigenvalue weighted by atomic mass is 10.1. The van der Waals surface area contributed by atoms with Crippen LogP contribution >= 0.6 is 47.8 Å². The van der Waals surface area contributed by atoms with E-state index in [1.54, 1.807) is 0 Å². The van der Waals surface area contributed by atoms with Crippen LogP contribution in [0.15, 0.2) is 0 Å². The lowest BCUT2D eigenvalue weighted by molar-refractivity contribution is -0.163. The second kappa shape index (κ2) is 38.6. The van der Waals surface area contributed by atoms with Crippen LogP contribution in [0.2, 0.25) is 0 Å². The Balaban J connectivity index is 0.000000682. The first-order chi connectivity index (χ1) is 21.3. The zero-order chi connectivity index (χ0) is 31.3. The average molecular weight is 800 g/mol. The number of unbranched alkanes of at least 4 members (excludes halogenated alkanes) is 13. The molecule has 0 bridgehead atoms. The van der Waals surface area contributed by atoms with Gasteiger partial charge in [-0.15, -0.1) is 24.2 Å². The molecule has 0 saturated carbocycles. The van der Waals surface area contributed by atoms with Crippen LogP contribution in [0.25, 0.3) is 0 Å². The summed E-state index contributed by atoms with van der Waals surface area (Å²) in [6.07, 6.45) is 32.9. The molecule has 0 N–H and O–H groups in total. The highest BCUT2D eigenvalue weighted by Gasteiger charge is 2.13. The van der Waals surface area contributed by atoms with Crippen LogP contribution in [0.1, 0.15) is 148 Å². The molecule has 2 aliphatic rings. The Bertz CT molecular complexity index is 629. The molecule has 0 spiro atoms. The topological polar surface area (TPSA) is 36.9 Å². The van der Waals surface area contributed by atoms with Gasteiger partial charge in [0, 0.05) is 61.7 Å². The van der Waals surface area contributed by atoms with Gasteiger partial charge in [-0.2, -0.15) is 0 Å². The van der Waals surface area contributed by atoms with E-state index in [-0.39, 0.29) is 12.6 Å². The van der Waals surface area contributed by atoms with Crippen LogP contribution < -0.4 is 0 Å². The van der Waals surface area contributed by atoms with Gasteiger partial charge in [-0.1, -0.05) is 86.3 Å². The van der Waals surface area contributed by atoms with E-state index in [0.29, 0.717) is 0 Å². The second-order valence-corrected chi connectivity index (χ2v) is 13.5. The molecule has 2 rings (SSSR count). The third-order valence-electron chi connectivity index (χ3n) is 7.12. The predicted octanol–water partition coefficient (Wildman–Crippen LogP) is 11.5. The monoisotopic (exact) mass is 796 g/mol. The molecule has 0 radical (unpaired) electrons. The van der Waals surface area contributed by atoms with Gasteiger partial charge in [0.05, 0.1) is 0 Å². The fraction of sp³-hybridized carbons (Fsp3) is 0.889. The van der Waals surface area contributed by atoms with E-state index >= 15 is 0 Å². The van der Waals surface area contributed by atoms with Gasteiger partial charge < -0.3 is 18.9 Å². The summed E-state index contributed by atoms with van der Waals surface area (Å²) in [6, 6.07) is 0. The summed E-state index contributed by atoms with van der Waals surface area (Å²) in [5, 5.41) is 3.48. The van der Waals surface area contributed by atoms with Gasteiger partial charge >= 0.3 is 0 Å². The summed E-state index contributed by atoms with van der Waals surface area (Å²) in [5.74, 6) is 9.19. The summed E-state index contributed by atoms with van der Waals surface area (Å²) >= 11 is 10.3. The Morgan fingerprint density at radius 3 is 1.30 bits per heavy atom. The number of hydrogen-bond acceptors (Lipinski definition) is 4. The van der Waals surface area contributed by atoms with Crippen molar-refractivity contribution in [1.29, 1.82) is 0 Å². The first-order valence-corrected chi connectivity index (χ1v) is 20.7. The molecule has 43 heavy (non-hydrogen) atoms. The van der Waals surface area contributed by atoms with Crippen LogP contribution in [0.5, 0.6) is 0 Å². The minimum atomic E-state index is 0.0552. The summed E-state index contributed by atoms with van der Waals surface area (Å²) in [5.41, 5.74) is 0. The van der Waals surface area contributed by atoms with E-state index in [1.807, 2.05) is 0 Å². The molecule has 2 unspecified atom stereocenters. The fourth-order valence-electron chi connectivity index (χ4n) is 4.49. The van der Waals surface area contributed by atoms with Crippen LogP contribution in [-0.4, -0.2) is 55.0 Å². The number of alkyl halides is 3. The van der Waals surface area contributed by atoms with Gasteiger partial charge in [0.1, 0.15) is 0 Å². The van der Waals surface area contributed by atoms with Crippen LogP contribution in [0, 0.1) is 24.2 Å². The summed E-state index contributed by atoms with van der Waals surface area (Å²) < 4.78 is 22.2. The number of halogens is 3. The molecule has 0 aromatic rings. The van der Waals surface area contributed by atoms with Crippen molar-refractivity contribution < 1.29 is 18.9 Å².